The Morgan fingerprint density at radius 2 is 1.88 bits per heavy atom. The zero-order valence-corrected chi connectivity index (χ0v) is 12.6. The first-order chi connectivity index (χ1) is 11.9. The highest BCUT2D eigenvalue weighted by Gasteiger charge is 2.31. The van der Waals surface area contributed by atoms with E-state index in [2.05, 4.69) is 16.4 Å². The molecule has 0 spiro atoms. The van der Waals surface area contributed by atoms with Gasteiger partial charge in [-0.15, -0.1) is 0 Å². The van der Waals surface area contributed by atoms with E-state index in [9.17, 15) is 17.6 Å². The molecule has 1 heterocycles. The molecule has 0 radical (unpaired) electrons. The molecule has 130 valence electrons. The number of nitrogens with one attached hydrogen (secondary N) is 3. The van der Waals surface area contributed by atoms with Crippen LogP contribution < -0.4 is 21.1 Å². The molecule has 0 bridgehead atoms. The molecule has 1 aliphatic heterocycles. The first-order valence-corrected chi connectivity index (χ1v) is 7.19. The monoisotopic (exact) mass is 352 g/mol. The molecule has 2 aromatic carbocycles. The van der Waals surface area contributed by atoms with E-state index in [0.29, 0.717) is 5.56 Å². The third-order valence-electron chi connectivity index (χ3n) is 3.63. The van der Waals surface area contributed by atoms with Crippen LogP contribution in [0.25, 0.3) is 0 Å². The van der Waals surface area contributed by atoms with Crippen LogP contribution in [0.5, 0.6) is 11.5 Å². The molecule has 9 heteroatoms. The van der Waals surface area contributed by atoms with Crippen molar-refractivity contribution in [1.82, 2.24) is 16.4 Å². The predicted molar refractivity (Wildman–Crippen MR) is 79.5 cm³/mol. The van der Waals surface area contributed by atoms with Crippen LogP contribution in [0.1, 0.15) is 17.2 Å². The fourth-order valence-electron chi connectivity index (χ4n) is 2.40. The highest BCUT2D eigenvalue weighted by atomic mass is 19.4. The van der Waals surface area contributed by atoms with Crippen LogP contribution in [0.15, 0.2) is 42.5 Å². The Hall–Kier alpha value is -2.67. The zero-order valence-electron chi connectivity index (χ0n) is 12.6. The summed E-state index contributed by atoms with van der Waals surface area (Å²) in [7, 11) is 0. The van der Waals surface area contributed by atoms with Crippen molar-refractivity contribution >= 4 is 0 Å². The van der Waals surface area contributed by atoms with Gasteiger partial charge in [0.15, 0.2) is 11.6 Å². The zero-order chi connectivity index (χ0) is 18.0. The van der Waals surface area contributed by atoms with Gasteiger partial charge in [0, 0.05) is 0 Å². The van der Waals surface area contributed by atoms with Crippen molar-refractivity contribution in [3.05, 3.63) is 59.4 Å². The second kappa shape index (κ2) is 6.68. The highest BCUT2D eigenvalue weighted by Crippen LogP contribution is 2.33. The molecule has 0 aromatic heterocycles. The Labute approximate surface area is 140 Å². The quantitative estimate of drug-likeness (QED) is 0.741. The molecule has 0 amide bonds. The maximum atomic E-state index is 14.3. The molecule has 1 aliphatic rings. The van der Waals surface area contributed by atoms with E-state index in [-0.39, 0.29) is 11.5 Å². The molecule has 3 rings (SSSR count). The van der Waals surface area contributed by atoms with Crippen molar-refractivity contribution in [3.63, 3.8) is 0 Å². The number of halogens is 4. The van der Waals surface area contributed by atoms with E-state index in [0.717, 1.165) is 12.1 Å². The number of hydrazine groups is 2. The molecule has 2 atom stereocenters. The third kappa shape index (κ3) is 3.71. The SMILES string of the molecule is N#CC1NNNC1c1ccc(Oc2cccc(C(F)(F)F)c2)c(F)c1. The van der Waals surface area contributed by atoms with E-state index < -0.39 is 29.6 Å². The summed E-state index contributed by atoms with van der Waals surface area (Å²) < 4.78 is 57.6. The van der Waals surface area contributed by atoms with Crippen LogP contribution in [0.3, 0.4) is 0 Å². The van der Waals surface area contributed by atoms with Crippen LogP contribution >= 0.6 is 0 Å². The lowest BCUT2D eigenvalue weighted by molar-refractivity contribution is -0.137. The number of nitrogens with zero attached hydrogens (tertiary/aromatic N) is 1. The number of alkyl halides is 3. The highest BCUT2D eigenvalue weighted by molar-refractivity contribution is 5.38. The first kappa shape index (κ1) is 17.2. The average molecular weight is 352 g/mol. The van der Waals surface area contributed by atoms with Crippen LogP contribution in [0, 0.1) is 17.1 Å². The summed E-state index contributed by atoms with van der Waals surface area (Å²) in [6, 6.07) is 9.11. The van der Waals surface area contributed by atoms with Gasteiger partial charge in [0.1, 0.15) is 11.8 Å². The third-order valence-corrected chi connectivity index (χ3v) is 3.63. The number of hydrogen-bond donors (Lipinski definition) is 3. The maximum absolute atomic E-state index is 14.3. The van der Waals surface area contributed by atoms with Crippen molar-refractivity contribution in [2.24, 2.45) is 0 Å². The molecule has 1 saturated heterocycles. The van der Waals surface area contributed by atoms with Crippen LogP contribution in [-0.4, -0.2) is 6.04 Å². The summed E-state index contributed by atoms with van der Waals surface area (Å²) in [5.74, 6) is -1.09. The van der Waals surface area contributed by atoms with Crippen molar-refractivity contribution in [3.8, 4) is 17.6 Å². The summed E-state index contributed by atoms with van der Waals surface area (Å²) in [5.41, 5.74) is 7.63. The summed E-state index contributed by atoms with van der Waals surface area (Å²) in [6.07, 6.45) is -4.51. The molecule has 5 nitrogen and oxygen atoms in total. The Morgan fingerprint density at radius 3 is 2.56 bits per heavy atom. The number of benzene rings is 2. The second-order valence-corrected chi connectivity index (χ2v) is 5.32. The van der Waals surface area contributed by atoms with Gasteiger partial charge in [0.05, 0.1) is 17.7 Å². The minimum absolute atomic E-state index is 0.126. The van der Waals surface area contributed by atoms with Gasteiger partial charge in [-0.05, 0) is 35.9 Å². The lowest BCUT2D eigenvalue weighted by Gasteiger charge is -2.14. The van der Waals surface area contributed by atoms with Gasteiger partial charge < -0.3 is 4.74 Å². The van der Waals surface area contributed by atoms with Gasteiger partial charge in [-0.1, -0.05) is 12.1 Å². The summed E-state index contributed by atoms with van der Waals surface area (Å²) in [5, 5.41) is 9.01. The maximum Gasteiger partial charge on any atom is 0.416 e. The van der Waals surface area contributed by atoms with E-state index >= 15 is 0 Å². The number of rotatable bonds is 3. The Kier molecular flexibility index (Phi) is 4.59. The van der Waals surface area contributed by atoms with Gasteiger partial charge in [0.25, 0.3) is 0 Å². The van der Waals surface area contributed by atoms with Gasteiger partial charge in [0.2, 0.25) is 0 Å². The molecular weight excluding hydrogens is 340 g/mol. The Morgan fingerprint density at radius 1 is 1.08 bits per heavy atom. The molecule has 1 fully saturated rings. The van der Waals surface area contributed by atoms with E-state index in [1.165, 1.54) is 30.3 Å². The molecule has 2 aromatic rings. The van der Waals surface area contributed by atoms with Gasteiger partial charge in [-0.3, -0.25) is 0 Å². The Bertz CT molecular complexity index is 819. The van der Waals surface area contributed by atoms with Gasteiger partial charge in [-0.25, -0.2) is 15.2 Å². The lowest BCUT2D eigenvalue weighted by atomic mass is 10.0. The molecule has 3 N–H and O–H groups in total. The summed E-state index contributed by atoms with van der Waals surface area (Å²) in [6.45, 7) is 0. The lowest BCUT2D eigenvalue weighted by Crippen LogP contribution is -2.32. The van der Waals surface area contributed by atoms with Crippen molar-refractivity contribution < 1.29 is 22.3 Å². The molecule has 0 saturated carbocycles. The van der Waals surface area contributed by atoms with E-state index in [1.54, 1.807) is 0 Å². The largest absolute Gasteiger partial charge is 0.454 e. The minimum Gasteiger partial charge on any atom is -0.454 e. The van der Waals surface area contributed by atoms with Crippen LogP contribution in [0.4, 0.5) is 17.6 Å². The Balaban J connectivity index is 1.82. The van der Waals surface area contributed by atoms with E-state index in [4.69, 9.17) is 10.00 Å². The van der Waals surface area contributed by atoms with Crippen molar-refractivity contribution in [1.29, 1.82) is 5.26 Å². The average Bonchev–Trinajstić information content (AvgIpc) is 3.05. The summed E-state index contributed by atoms with van der Waals surface area (Å²) >= 11 is 0. The summed E-state index contributed by atoms with van der Waals surface area (Å²) in [4.78, 5) is 0. The van der Waals surface area contributed by atoms with Crippen molar-refractivity contribution in [2.75, 3.05) is 0 Å². The minimum atomic E-state index is -4.51. The standard InChI is InChI=1S/C16H12F4N4O/c17-12-6-9(15-13(8-21)22-24-23-15)4-5-14(12)25-11-3-1-2-10(7-11)16(18,19)20/h1-7,13,15,22-24H. The molecular formula is C16H12F4N4O. The van der Waals surface area contributed by atoms with Crippen LogP contribution in [-0.2, 0) is 6.18 Å². The molecule has 25 heavy (non-hydrogen) atoms. The predicted octanol–water partition coefficient (Wildman–Crippen LogP) is 3.18. The molecule has 2 unspecified atom stereocenters. The molecule has 0 aliphatic carbocycles. The normalized spacial score (nSPS) is 20.3. The smallest absolute Gasteiger partial charge is 0.416 e. The topological polar surface area (TPSA) is 69.1 Å². The van der Waals surface area contributed by atoms with Gasteiger partial charge >= 0.3 is 6.18 Å². The number of ether oxygens (including phenoxy) is 1. The van der Waals surface area contributed by atoms with Crippen molar-refractivity contribution in [2.45, 2.75) is 18.3 Å². The van der Waals surface area contributed by atoms with Crippen LogP contribution in [0.2, 0.25) is 0 Å². The number of hydrogen-bond acceptors (Lipinski definition) is 5. The second-order valence-electron chi connectivity index (χ2n) is 5.32. The van der Waals surface area contributed by atoms with E-state index in [1.807, 2.05) is 6.07 Å². The fourth-order valence-corrected chi connectivity index (χ4v) is 2.40. The first-order valence-electron chi connectivity index (χ1n) is 7.19. The van der Waals surface area contributed by atoms with Gasteiger partial charge in [-0.2, -0.15) is 24.0 Å². The fraction of sp³-hybridized carbons (Fsp3) is 0.188. The number of nitriles is 1.